The van der Waals surface area contributed by atoms with Gasteiger partial charge in [-0.1, -0.05) is 20.3 Å². The number of carbonyl (C=O) groups excluding carboxylic acids is 1. The molecule has 1 fully saturated rings. The Morgan fingerprint density at radius 1 is 1.35 bits per heavy atom. The van der Waals surface area contributed by atoms with E-state index in [1.54, 1.807) is 23.3 Å². The highest BCUT2D eigenvalue weighted by Crippen LogP contribution is 2.45. The number of aliphatic carboxylic acids is 1. The molecule has 1 aromatic rings. The SMILES string of the molecule is Cc1nc(C(C)C)sc1C(C)N(C)C(=O)CC1(C(=O)O)CCC1. The fourth-order valence-corrected chi connectivity index (χ4v) is 4.11. The Morgan fingerprint density at radius 3 is 2.35 bits per heavy atom. The summed E-state index contributed by atoms with van der Waals surface area (Å²) in [7, 11) is 1.76. The Bertz CT molecular complexity index is 605. The first kappa shape index (κ1) is 17.9. The molecule has 1 N–H and O–H groups in total. The van der Waals surface area contributed by atoms with Gasteiger partial charge in [-0.3, -0.25) is 9.59 Å². The first-order valence-corrected chi connectivity index (χ1v) is 8.96. The lowest BCUT2D eigenvalue weighted by molar-refractivity contribution is -0.159. The summed E-state index contributed by atoms with van der Waals surface area (Å²) >= 11 is 1.64. The van der Waals surface area contributed by atoms with Gasteiger partial charge in [0.1, 0.15) is 0 Å². The van der Waals surface area contributed by atoms with Gasteiger partial charge in [-0.25, -0.2) is 4.98 Å². The summed E-state index contributed by atoms with van der Waals surface area (Å²) in [4.78, 5) is 31.4. The quantitative estimate of drug-likeness (QED) is 0.858. The van der Waals surface area contributed by atoms with E-state index in [0.29, 0.717) is 18.8 Å². The van der Waals surface area contributed by atoms with E-state index in [0.717, 1.165) is 22.0 Å². The molecule has 0 bridgehead atoms. The molecule has 1 amide bonds. The van der Waals surface area contributed by atoms with Gasteiger partial charge in [-0.05, 0) is 26.7 Å². The van der Waals surface area contributed by atoms with Crippen LogP contribution in [0.3, 0.4) is 0 Å². The van der Waals surface area contributed by atoms with Gasteiger partial charge in [0.15, 0.2) is 0 Å². The molecule has 1 aromatic heterocycles. The number of rotatable bonds is 6. The van der Waals surface area contributed by atoms with Gasteiger partial charge in [0.2, 0.25) is 5.91 Å². The van der Waals surface area contributed by atoms with Crippen molar-refractivity contribution >= 4 is 23.2 Å². The van der Waals surface area contributed by atoms with Crippen LogP contribution < -0.4 is 0 Å². The Hall–Kier alpha value is -1.43. The average molecular weight is 338 g/mol. The number of hydrogen-bond acceptors (Lipinski definition) is 4. The predicted octanol–water partition coefficient (Wildman–Crippen LogP) is 3.74. The normalized spacial score (nSPS) is 17.7. The third-order valence-corrected chi connectivity index (χ3v) is 6.58. The van der Waals surface area contributed by atoms with Crippen LogP contribution in [0.1, 0.15) is 74.0 Å². The van der Waals surface area contributed by atoms with Crippen LogP contribution in [-0.4, -0.2) is 33.9 Å². The van der Waals surface area contributed by atoms with Crippen molar-refractivity contribution in [2.75, 3.05) is 7.05 Å². The van der Waals surface area contributed by atoms with E-state index in [2.05, 4.69) is 18.8 Å². The molecule has 5 nitrogen and oxygen atoms in total. The second-order valence-corrected chi connectivity index (χ2v) is 8.02. The first-order valence-electron chi connectivity index (χ1n) is 8.14. The van der Waals surface area contributed by atoms with E-state index in [9.17, 15) is 14.7 Å². The summed E-state index contributed by atoms with van der Waals surface area (Å²) in [5.41, 5.74) is 0.124. The number of aromatic nitrogens is 1. The highest BCUT2D eigenvalue weighted by atomic mass is 32.1. The molecule has 0 spiro atoms. The van der Waals surface area contributed by atoms with Gasteiger partial charge < -0.3 is 10.0 Å². The smallest absolute Gasteiger partial charge is 0.310 e. The molecule has 0 radical (unpaired) electrons. The number of carbonyl (C=O) groups is 2. The number of thiazole rings is 1. The van der Waals surface area contributed by atoms with E-state index < -0.39 is 11.4 Å². The molecule has 1 aliphatic carbocycles. The maximum Gasteiger partial charge on any atom is 0.310 e. The molecule has 1 aliphatic rings. The van der Waals surface area contributed by atoms with E-state index >= 15 is 0 Å². The average Bonchev–Trinajstić information content (AvgIpc) is 2.82. The Balaban J connectivity index is 2.11. The molecule has 0 aliphatic heterocycles. The highest BCUT2D eigenvalue weighted by molar-refractivity contribution is 7.11. The highest BCUT2D eigenvalue weighted by Gasteiger charge is 2.46. The van der Waals surface area contributed by atoms with E-state index in [1.165, 1.54) is 0 Å². The van der Waals surface area contributed by atoms with Crippen LogP contribution in [0.25, 0.3) is 0 Å². The van der Waals surface area contributed by atoms with Crippen LogP contribution in [0.4, 0.5) is 0 Å². The van der Waals surface area contributed by atoms with Crippen molar-refractivity contribution in [3.05, 3.63) is 15.6 Å². The number of hydrogen-bond donors (Lipinski definition) is 1. The molecule has 1 heterocycles. The molecule has 128 valence electrons. The van der Waals surface area contributed by atoms with E-state index in [4.69, 9.17) is 0 Å². The summed E-state index contributed by atoms with van der Waals surface area (Å²) in [5.74, 6) is -0.571. The molecule has 23 heavy (non-hydrogen) atoms. The van der Waals surface area contributed by atoms with Crippen molar-refractivity contribution in [3.8, 4) is 0 Å². The van der Waals surface area contributed by atoms with Crippen LogP contribution in [0, 0.1) is 12.3 Å². The maximum atomic E-state index is 12.6. The summed E-state index contributed by atoms with van der Waals surface area (Å²) in [6.07, 6.45) is 2.20. The standard InChI is InChI=1S/C17H26N2O3S/c1-10(2)15-18-11(3)14(23-15)12(4)19(5)13(20)9-17(16(21)22)7-6-8-17/h10,12H,6-9H2,1-5H3,(H,21,22). The first-order chi connectivity index (χ1) is 10.7. The molecular weight excluding hydrogens is 312 g/mol. The second kappa shape index (κ2) is 6.59. The monoisotopic (exact) mass is 338 g/mol. The predicted molar refractivity (Wildman–Crippen MR) is 90.7 cm³/mol. The van der Waals surface area contributed by atoms with Crippen molar-refractivity contribution in [1.82, 2.24) is 9.88 Å². The molecule has 1 unspecified atom stereocenters. The fourth-order valence-electron chi connectivity index (χ4n) is 2.94. The fraction of sp³-hybridized carbons (Fsp3) is 0.706. The van der Waals surface area contributed by atoms with Crippen molar-refractivity contribution in [3.63, 3.8) is 0 Å². The molecule has 1 atom stereocenters. The number of carboxylic acid groups (broad SMARTS) is 1. The lowest BCUT2D eigenvalue weighted by atomic mass is 9.66. The van der Waals surface area contributed by atoms with Crippen LogP contribution >= 0.6 is 11.3 Å². The lowest BCUT2D eigenvalue weighted by Crippen LogP contribution is -2.43. The largest absolute Gasteiger partial charge is 0.481 e. The van der Waals surface area contributed by atoms with Crippen LogP contribution in [0.2, 0.25) is 0 Å². The molecular formula is C17H26N2O3S. The zero-order valence-electron chi connectivity index (χ0n) is 14.5. The minimum absolute atomic E-state index is 0.0848. The topological polar surface area (TPSA) is 70.5 Å². The van der Waals surface area contributed by atoms with Crippen molar-refractivity contribution < 1.29 is 14.7 Å². The summed E-state index contributed by atoms with van der Waals surface area (Å²) < 4.78 is 0. The van der Waals surface area contributed by atoms with Crippen molar-refractivity contribution in [2.24, 2.45) is 5.41 Å². The molecule has 1 saturated carbocycles. The number of aryl methyl sites for hydroxylation is 1. The second-order valence-electron chi connectivity index (χ2n) is 6.95. The summed E-state index contributed by atoms with van der Waals surface area (Å²) in [6.45, 7) is 8.16. The number of carboxylic acids is 1. The van der Waals surface area contributed by atoms with Gasteiger partial charge in [0, 0.05) is 24.3 Å². The third-order valence-electron chi connectivity index (χ3n) is 4.95. The van der Waals surface area contributed by atoms with Gasteiger partial charge in [-0.15, -0.1) is 11.3 Å². The Labute approximate surface area is 141 Å². The third kappa shape index (κ3) is 3.42. The molecule has 6 heteroatoms. The lowest BCUT2D eigenvalue weighted by Gasteiger charge is -2.38. The molecule has 0 saturated heterocycles. The summed E-state index contributed by atoms with van der Waals surface area (Å²) in [6, 6.07) is -0.0848. The van der Waals surface area contributed by atoms with Crippen LogP contribution in [-0.2, 0) is 9.59 Å². The summed E-state index contributed by atoms with van der Waals surface area (Å²) in [5, 5.41) is 10.5. The maximum absolute atomic E-state index is 12.6. The van der Waals surface area contributed by atoms with E-state index in [-0.39, 0.29) is 18.4 Å². The van der Waals surface area contributed by atoms with Crippen molar-refractivity contribution in [2.45, 2.75) is 65.3 Å². The minimum Gasteiger partial charge on any atom is -0.481 e. The number of amides is 1. The zero-order valence-corrected chi connectivity index (χ0v) is 15.4. The molecule has 2 rings (SSSR count). The Kier molecular flexibility index (Phi) is 5.14. The van der Waals surface area contributed by atoms with Gasteiger partial charge in [0.25, 0.3) is 0 Å². The Morgan fingerprint density at radius 2 is 1.96 bits per heavy atom. The van der Waals surface area contributed by atoms with Gasteiger partial charge in [-0.2, -0.15) is 0 Å². The van der Waals surface area contributed by atoms with E-state index in [1.807, 2.05) is 13.8 Å². The molecule has 0 aromatic carbocycles. The van der Waals surface area contributed by atoms with Crippen LogP contribution in [0.5, 0.6) is 0 Å². The number of nitrogens with zero attached hydrogens (tertiary/aromatic N) is 2. The van der Waals surface area contributed by atoms with Gasteiger partial charge in [0.05, 0.1) is 22.2 Å². The zero-order chi connectivity index (χ0) is 17.4. The van der Waals surface area contributed by atoms with Crippen LogP contribution in [0.15, 0.2) is 0 Å². The van der Waals surface area contributed by atoms with Crippen molar-refractivity contribution in [1.29, 1.82) is 0 Å². The van der Waals surface area contributed by atoms with Gasteiger partial charge >= 0.3 is 5.97 Å². The minimum atomic E-state index is -0.839.